The highest BCUT2D eigenvalue weighted by Gasteiger charge is 2.34. The Morgan fingerprint density at radius 1 is 0.816 bits per heavy atom. The highest BCUT2D eigenvalue weighted by molar-refractivity contribution is 5.83. The van der Waals surface area contributed by atoms with E-state index in [-0.39, 0.29) is 48.4 Å². The number of likely N-dealkylation sites (tertiary alicyclic amines) is 1. The smallest absolute Gasteiger partial charge is 0.336 e. The number of nitrogens with zero attached hydrogens (tertiary/aromatic N) is 3. The number of pyridine rings is 1. The van der Waals surface area contributed by atoms with Crippen LogP contribution in [0.5, 0.6) is 0 Å². The molecule has 1 amide bonds. The summed E-state index contributed by atoms with van der Waals surface area (Å²) in [5, 5.41) is 0.394. The van der Waals surface area contributed by atoms with Gasteiger partial charge in [0.2, 0.25) is 5.91 Å². The maximum atomic E-state index is 14.5. The summed E-state index contributed by atoms with van der Waals surface area (Å²) in [6, 6.07) is 24.8. The maximum Gasteiger partial charge on any atom is 0.417 e. The molecule has 5 aromatic rings. The summed E-state index contributed by atoms with van der Waals surface area (Å²) in [5.41, 5.74) is 0.916. The van der Waals surface area contributed by atoms with Crippen LogP contribution in [0.25, 0.3) is 22.0 Å². The lowest BCUT2D eigenvalue weighted by atomic mass is 9.97. The lowest BCUT2D eigenvalue weighted by molar-refractivity contribution is -0.137. The van der Waals surface area contributed by atoms with E-state index in [4.69, 9.17) is 0 Å². The first-order valence-corrected chi connectivity index (χ1v) is 16.4. The molecule has 0 atom stereocenters. The molecule has 1 aromatic heterocycles. The van der Waals surface area contributed by atoms with Crippen LogP contribution in [0.1, 0.15) is 35.2 Å². The minimum Gasteiger partial charge on any atom is -0.336 e. The van der Waals surface area contributed by atoms with Crippen LogP contribution < -0.4 is 5.43 Å². The van der Waals surface area contributed by atoms with Crippen LogP contribution in [0.3, 0.4) is 0 Å². The topological polar surface area (TPSA) is 45.6 Å². The van der Waals surface area contributed by atoms with Crippen molar-refractivity contribution < 1.29 is 26.7 Å². The zero-order valence-electron chi connectivity index (χ0n) is 26.9. The van der Waals surface area contributed by atoms with Crippen molar-refractivity contribution in [2.75, 3.05) is 26.2 Å². The zero-order valence-corrected chi connectivity index (χ0v) is 26.9. The van der Waals surface area contributed by atoms with Gasteiger partial charge >= 0.3 is 6.18 Å². The Morgan fingerprint density at radius 2 is 1.55 bits per heavy atom. The zero-order chi connectivity index (χ0) is 34.5. The molecule has 0 radical (unpaired) electrons. The normalized spacial score (nSPS) is 13.7. The number of halogens is 5. The van der Waals surface area contributed by atoms with Crippen molar-refractivity contribution in [3.8, 4) is 11.1 Å². The third-order valence-corrected chi connectivity index (χ3v) is 9.17. The van der Waals surface area contributed by atoms with Crippen molar-refractivity contribution in [3.63, 3.8) is 0 Å². The quantitative estimate of drug-likeness (QED) is 0.134. The Labute approximate surface area is 281 Å². The molecule has 4 aromatic carbocycles. The number of aryl methyl sites for hydroxylation is 2. The van der Waals surface area contributed by atoms with Crippen LogP contribution in [-0.4, -0.2) is 46.5 Å². The van der Waals surface area contributed by atoms with Gasteiger partial charge in [0, 0.05) is 36.8 Å². The Kier molecular flexibility index (Phi) is 10.2. The lowest BCUT2D eigenvalue weighted by Gasteiger charge is -2.28. The third kappa shape index (κ3) is 7.91. The van der Waals surface area contributed by atoms with E-state index in [1.165, 1.54) is 24.3 Å². The molecule has 5 nitrogen and oxygen atoms in total. The van der Waals surface area contributed by atoms with E-state index in [0.717, 1.165) is 38.1 Å². The second-order valence-electron chi connectivity index (χ2n) is 12.4. The molecular formula is C39H36F5N3O2. The Bertz CT molecular complexity index is 2000. The van der Waals surface area contributed by atoms with Crippen molar-refractivity contribution in [2.24, 2.45) is 0 Å². The van der Waals surface area contributed by atoms with Crippen LogP contribution in [0.2, 0.25) is 0 Å². The Morgan fingerprint density at radius 3 is 2.31 bits per heavy atom. The molecular weight excluding hydrogens is 637 g/mol. The molecule has 254 valence electrons. The first kappa shape index (κ1) is 34.0. The number of benzene rings is 4. The number of fused-ring (bicyclic) bond motifs is 1. The predicted octanol–water partition coefficient (Wildman–Crippen LogP) is 7.88. The van der Waals surface area contributed by atoms with Crippen LogP contribution >= 0.6 is 0 Å². The van der Waals surface area contributed by atoms with E-state index in [9.17, 15) is 31.5 Å². The number of aromatic nitrogens is 1. The number of alkyl halides is 3. The van der Waals surface area contributed by atoms with E-state index in [0.29, 0.717) is 40.8 Å². The number of amides is 1. The number of hydrogen-bond donors (Lipinski definition) is 0. The van der Waals surface area contributed by atoms with Gasteiger partial charge in [-0.1, -0.05) is 66.7 Å². The molecule has 6 rings (SSSR count). The highest BCUT2D eigenvalue weighted by Crippen LogP contribution is 2.38. The molecule has 0 saturated carbocycles. The summed E-state index contributed by atoms with van der Waals surface area (Å²) in [6.07, 6.45) is -2.29. The number of rotatable bonds is 11. The first-order valence-electron chi connectivity index (χ1n) is 16.4. The van der Waals surface area contributed by atoms with Gasteiger partial charge in [-0.2, -0.15) is 13.2 Å². The average molecular weight is 674 g/mol. The predicted molar refractivity (Wildman–Crippen MR) is 180 cm³/mol. The van der Waals surface area contributed by atoms with Gasteiger partial charge in [0.25, 0.3) is 0 Å². The maximum absolute atomic E-state index is 14.5. The van der Waals surface area contributed by atoms with Crippen LogP contribution in [-0.2, 0) is 36.9 Å². The number of carbonyl (C=O) groups is 1. The number of carbonyl (C=O) groups excluding carboxylic acids is 1. The molecule has 1 aliphatic heterocycles. The van der Waals surface area contributed by atoms with Gasteiger partial charge in [-0.3, -0.25) is 9.59 Å². The van der Waals surface area contributed by atoms with Crippen molar-refractivity contribution in [2.45, 2.75) is 44.9 Å². The number of hydrogen-bond acceptors (Lipinski definition) is 3. The van der Waals surface area contributed by atoms with E-state index in [2.05, 4.69) is 4.90 Å². The Hall–Kier alpha value is -4.83. The molecule has 10 heteroatoms. The first-order chi connectivity index (χ1) is 23.6. The van der Waals surface area contributed by atoms with Gasteiger partial charge in [-0.05, 0) is 85.3 Å². The van der Waals surface area contributed by atoms with Crippen LogP contribution in [0.4, 0.5) is 22.0 Å². The van der Waals surface area contributed by atoms with Crippen molar-refractivity contribution in [1.29, 1.82) is 0 Å². The SMILES string of the molecule is O=C(Cn1c(CCc2cccc(F)c2F)cc(=O)c2ccccc21)N(CCN1CCCC1)Cc1ccc(-c2ccccc2)c(C(F)(F)F)c1. The van der Waals surface area contributed by atoms with E-state index in [1.807, 2.05) is 0 Å². The van der Waals surface area contributed by atoms with Gasteiger partial charge in [0.05, 0.1) is 11.1 Å². The standard InChI is InChI=1S/C39H36F5N3O2/c40-34-13-8-11-29(38(34)41)16-17-30-24-36(48)32-12-4-5-14-35(32)47(30)26-37(49)46(22-21-45-19-6-7-20-45)25-27-15-18-31(28-9-2-1-3-10-28)33(23-27)39(42,43)44/h1-5,8-15,18,23-24H,6-7,16-17,19-22,25-26H2. The molecule has 49 heavy (non-hydrogen) atoms. The van der Waals surface area contributed by atoms with Gasteiger partial charge in [0.1, 0.15) is 6.54 Å². The third-order valence-electron chi connectivity index (χ3n) is 9.17. The largest absolute Gasteiger partial charge is 0.417 e. The Balaban J connectivity index is 1.33. The van der Waals surface area contributed by atoms with E-state index < -0.39 is 23.4 Å². The van der Waals surface area contributed by atoms with Crippen LogP contribution in [0.15, 0.2) is 102 Å². The molecule has 1 aliphatic rings. The molecule has 0 bridgehead atoms. The van der Waals surface area contributed by atoms with Gasteiger partial charge in [-0.15, -0.1) is 0 Å². The fourth-order valence-electron chi connectivity index (χ4n) is 6.59. The lowest BCUT2D eigenvalue weighted by Crippen LogP contribution is -2.39. The summed E-state index contributed by atoms with van der Waals surface area (Å²) >= 11 is 0. The molecule has 1 saturated heterocycles. The fraction of sp³-hybridized carbons (Fsp3) is 0.282. The van der Waals surface area contributed by atoms with Crippen LogP contribution in [0, 0.1) is 11.6 Å². The van der Waals surface area contributed by atoms with E-state index in [1.54, 1.807) is 70.1 Å². The molecule has 0 N–H and O–H groups in total. The summed E-state index contributed by atoms with van der Waals surface area (Å²) in [7, 11) is 0. The van der Waals surface area contributed by atoms with Gasteiger partial charge in [0.15, 0.2) is 17.1 Å². The van der Waals surface area contributed by atoms with E-state index >= 15 is 0 Å². The van der Waals surface area contributed by atoms with Crippen molar-refractivity contribution >= 4 is 16.8 Å². The summed E-state index contributed by atoms with van der Waals surface area (Å²) in [5.74, 6) is -2.27. The molecule has 2 heterocycles. The minimum absolute atomic E-state index is 0.0488. The second kappa shape index (κ2) is 14.7. The fourth-order valence-corrected chi connectivity index (χ4v) is 6.59. The van der Waals surface area contributed by atoms with Gasteiger partial charge in [-0.25, -0.2) is 8.78 Å². The van der Waals surface area contributed by atoms with Gasteiger partial charge < -0.3 is 14.4 Å². The molecule has 1 fully saturated rings. The molecule has 0 spiro atoms. The monoisotopic (exact) mass is 673 g/mol. The second-order valence-corrected chi connectivity index (χ2v) is 12.4. The molecule has 0 unspecified atom stereocenters. The van der Waals surface area contributed by atoms with Crippen molar-refractivity contribution in [1.82, 2.24) is 14.4 Å². The van der Waals surface area contributed by atoms with Crippen molar-refractivity contribution in [3.05, 3.63) is 141 Å². The summed E-state index contributed by atoms with van der Waals surface area (Å²) < 4.78 is 73.2. The summed E-state index contributed by atoms with van der Waals surface area (Å²) in [4.78, 5) is 31.1. The number of para-hydroxylation sites is 1. The summed E-state index contributed by atoms with van der Waals surface area (Å²) in [6.45, 7) is 2.39. The molecule has 0 aliphatic carbocycles. The highest BCUT2D eigenvalue weighted by atomic mass is 19.4. The minimum atomic E-state index is -4.61. The average Bonchev–Trinajstić information content (AvgIpc) is 3.62.